The van der Waals surface area contributed by atoms with Gasteiger partial charge in [-0.25, -0.2) is 14.2 Å². The van der Waals surface area contributed by atoms with Crippen LogP contribution < -0.4 is 10.1 Å². The minimum Gasteiger partial charge on any atom is -0.481 e. The van der Waals surface area contributed by atoms with E-state index in [2.05, 4.69) is 41.4 Å². The summed E-state index contributed by atoms with van der Waals surface area (Å²) in [6, 6.07) is 14.9. The number of methoxy groups -OCH3 is 1. The molecule has 5 N–H and O–H groups in total. The average Bonchev–Trinajstić information content (AvgIpc) is 2.93. The molecule has 1 aliphatic heterocycles. The van der Waals surface area contributed by atoms with Crippen molar-refractivity contribution in [3.63, 3.8) is 0 Å². The number of amides is 1. The van der Waals surface area contributed by atoms with Crippen molar-refractivity contribution in [1.29, 1.82) is 0 Å². The Hall–Kier alpha value is -4.62. The SMILES string of the molecule is COc1nc2cc(C)ccc2cc1CN1CCC(NC(C)=O)(c2ccc(F)cc2)CC1.O=C(O)CC(O)(CC(=O)O)C(=O)O. The molecule has 236 valence electrons. The predicted molar refractivity (Wildman–Crippen MR) is 157 cm³/mol. The molecule has 12 nitrogen and oxygen atoms in total. The summed E-state index contributed by atoms with van der Waals surface area (Å²) in [5.41, 5.74) is 0.884. The molecule has 13 heteroatoms. The smallest absolute Gasteiger partial charge is 0.336 e. The molecule has 44 heavy (non-hydrogen) atoms. The second-order valence-electron chi connectivity index (χ2n) is 10.9. The molecule has 1 amide bonds. The number of carbonyl (C=O) groups excluding carboxylic acids is 1. The quantitative estimate of drug-likeness (QED) is 0.226. The van der Waals surface area contributed by atoms with Crippen LogP contribution in [0.2, 0.25) is 0 Å². The van der Waals surface area contributed by atoms with Gasteiger partial charge < -0.3 is 30.5 Å². The Morgan fingerprint density at radius 2 is 1.59 bits per heavy atom. The molecule has 1 fully saturated rings. The topological polar surface area (TPSA) is 187 Å². The zero-order chi connectivity index (χ0) is 32.7. The van der Waals surface area contributed by atoms with Crippen LogP contribution in [0.4, 0.5) is 4.39 Å². The van der Waals surface area contributed by atoms with E-state index in [1.165, 1.54) is 24.6 Å². The van der Waals surface area contributed by atoms with E-state index in [1.807, 2.05) is 0 Å². The van der Waals surface area contributed by atoms with Gasteiger partial charge in [0.15, 0.2) is 5.60 Å². The molecule has 0 saturated carbocycles. The van der Waals surface area contributed by atoms with Crippen molar-refractivity contribution in [2.24, 2.45) is 0 Å². The van der Waals surface area contributed by atoms with Crippen LogP contribution in [-0.4, -0.2) is 79.9 Å². The zero-order valence-corrected chi connectivity index (χ0v) is 24.7. The number of nitrogens with one attached hydrogen (secondary N) is 1. The van der Waals surface area contributed by atoms with Gasteiger partial charge in [0.25, 0.3) is 0 Å². The Morgan fingerprint density at radius 3 is 2.09 bits per heavy atom. The van der Waals surface area contributed by atoms with Crippen molar-refractivity contribution in [1.82, 2.24) is 15.2 Å². The maximum Gasteiger partial charge on any atom is 0.336 e. The van der Waals surface area contributed by atoms with E-state index in [1.54, 1.807) is 19.2 Å². The Balaban J connectivity index is 0.000000345. The zero-order valence-electron chi connectivity index (χ0n) is 24.7. The molecule has 4 rings (SSSR count). The number of carbonyl (C=O) groups is 4. The Morgan fingerprint density at radius 1 is 1.00 bits per heavy atom. The largest absolute Gasteiger partial charge is 0.481 e. The van der Waals surface area contributed by atoms with Gasteiger partial charge in [0.05, 0.1) is 31.0 Å². The van der Waals surface area contributed by atoms with Gasteiger partial charge in [-0.2, -0.15) is 0 Å². The van der Waals surface area contributed by atoms with Crippen molar-refractivity contribution in [3.05, 3.63) is 71.0 Å². The number of carboxylic acids is 3. The van der Waals surface area contributed by atoms with Crippen molar-refractivity contribution >= 4 is 34.7 Å². The number of rotatable bonds is 10. The number of halogens is 1. The number of aryl methyl sites for hydroxylation is 1. The van der Waals surface area contributed by atoms with Crippen LogP contribution in [0.5, 0.6) is 5.88 Å². The van der Waals surface area contributed by atoms with Crippen LogP contribution in [0.15, 0.2) is 48.5 Å². The molecular weight excluding hydrogens is 577 g/mol. The highest BCUT2D eigenvalue weighted by Crippen LogP contribution is 2.34. The Kier molecular flexibility index (Phi) is 11.0. The molecule has 2 aromatic carbocycles. The molecule has 0 atom stereocenters. The summed E-state index contributed by atoms with van der Waals surface area (Å²) in [5.74, 6) is -4.72. The third kappa shape index (κ3) is 8.71. The van der Waals surface area contributed by atoms with E-state index in [9.17, 15) is 23.6 Å². The highest BCUT2D eigenvalue weighted by Gasteiger charge is 2.41. The van der Waals surface area contributed by atoms with Gasteiger partial charge in [0.2, 0.25) is 11.8 Å². The number of pyridine rings is 1. The van der Waals surface area contributed by atoms with Gasteiger partial charge in [-0.3, -0.25) is 19.3 Å². The number of benzene rings is 2. The molecule has 0 spiro atoms. The van der Waals surface area contributed by atoms with Crippen LogP contribution >= 0.6 is 0 Å². The van der Waals surface area contributed by atoms with Crippen LogP contribution in [0, 0.1) is 12.7 Å². The first kappa shape index (κ1) is 33.9. The van der Waals surface area contributed by atoms with Crippen molar-refractivity contribution < 1.29 is 48.7 Å². The van der Waals surface area contributed by atoms with E-state index in [-0.39, 0.29) is 11.7 Å². The number of likely N-dealkylation sites (tertiary alicyclic amines) is 1. The lowest BCUT2D eigenvalue weighted by Crippen LogP contribution is -2.52. The number of aliphatic carboxylic acids is 3. The van der Waals surface area contributed by atoms with Crippen LogP contribution in [-0.2, 0) is 31.3 Å². The molecule has 2 heterocycles. The van der Waals surface area contributed by atoms with Crippen LogP contribution in [0.25, 0.3) is 10.9 Å². The summed E-state index contributed by atoms with van der Waals surface area (Å²) in [6.45, 7) is 5.90. The van der Waals surface area contributed by atoms with Gasteiger partial charge >= 0.3 is 17.9 Å². The van der Waals surface area contributed by atoms with Crippen molar-refractivity contribution in [2.45, 2.75) is 57.2 Å². The molecule has 1 saturated heterocycles. The first-order valence-electron chi connectivity index (χ1n) is 13.8. The van der Waals surface area contributed by atoms with Gasteiger partial charge in [-0.15, -0.1) is 0 Å². The lowest BCUT2D eigenvalue weighted by Gasteiger charge is -2.42. The summed E-state index contributed by atoms with van der Waals surface area (Å²) in [7, 11) is 1.65. The van der Waals surface area contributed by atoms with Gasteiger partial charge in [0.1, 0.15) is 5.82 Å². The molecule has 0 aliphatic carbocycles. The normalized spacial score (nSPS) is 14.7. The Labute approximate surface area is 253 Å². The standard InChI is InChI=1S/C25H28FN3O2.C6H8O7/c1-17-4-5-19-15-20(24(31-3)27-23(19)14-17)16-29-12-10-25(11-13-29,28-18(2)30)21-6-8-22(26)9-7-21;7-3(8)1-6(13,5(11)12)2-4(9)10/h4-9,14-15H,10-13,16H2,1-3H3,(H,28,30);13H,1-2H2,(H,7,8)(H,9,10)(H,11,12). The van der Waals surface area contributed by atoms with Crippen molar-refractivity contribution in [3.8, 4) is 5.88 Å². The number of nitrogens with zero attached hydrogens (tertiary/aromatic N) is 2. The molecule has 1 aliphatic rings. The second kappa shape index (κ2) is 14.2. The highest BCUT2D eigenvalue weighted by atomic mass is 19.1. The first-order valence-corrected chi connectivity index (χ1v) is 13.8. The third-order valence-corrected chi connectivity index (χ3v) is 7.41. The summed E-state index contributed by atoms with van der Waals surface area (Å²) in [5, 5.41) is 38.0. The van der Waals surface area contributed by atoms with E-state index in [4.69, 9.17) is 30.1 Å². The molecule has 0 bridgehead atoms. The molecular formula is C31H36FN3O9. The third-order valence-electron chi connectivity index (χ3n) is 7.41. The minimum absolute atomic E-state index is 0.0755. The number of aromatic nitrogens is 1. The van der Waals surface area contributed by atoms with Gasteiger partial charge in [0, 0.05) is 37.5 Å². The molecule has 3 aromatic rings. The lowest BCUT2D eigenvalue weighted by atomic mass is 9.80. The first-order chi connectivity index (χ1) is 20.7. The number of aliphatic hydroxyl groups is 1. The average molecular weight is 614 g/mol. The second-order valence-corrected chi connectivity index (χ2v) is 10.9. The number of carboxylic acid groups (broad SMARTS) is 3. The lowest BCUT2D eigenvalue weighted by molar-refractivity contribution is -0.170. The molecule has 0 radical (unpaired) electrons. The summed E-state index contributed by atoms with van der Waals surface area (Å²) in [6.07, 6.45) is -0.787. The summed E-state index contributed by atoms with van der Waals surface area (Å²) >= 11 is 0. The summed E-state index contributed by atoms with van der Waals surface area (Å²) in [4.78, 5) is 49.5. The maximum absolute atomic E-state index is 13.4. The fourth-order valence-electron chi connectivity index (χ4n) is 5.23. The van der Waals surface area contributed by atoms with E-state index < -0.39 is 41.9 Å². The Bertz CT molecular complexity index is 1500. The number of fused-ring (bicyclic) bond motifs is 1. The van der Waals surface area contributed by atoms with E-state index >= 15 is 0 Å². The highest BCUT2D eigenvalue weighted by molar-refractivity contribution is 5.88. The van der Waals surface area contributed by atoms with Gasteiger partial charge in [-0.05, 0) is 55.2 Å². The predicted octanol–water partition coefficient (Wildman–Crippen LogP) is 3.07. The number of piperidine rings is 1. The van der Waals surface area contributed by atoms with Gasteiger partial charge in [-0.1, -0.05) is 24.3 Å². The maximum atomic E-state index is 13.4. The molecule has 1 aromatic heterocycles. The number of ether oxygens (including phenoxy) is 1. The monoisotopic (exact) mass is 613 g/mol. The van der Waals surface area contributed by atoms with E-state index in [0.29, 0.717) is 5.88 Å². The fraction of sp³-hybridized carbons (Fsp3) is 0.387. The number of hydrogen-bond donors (Lipinski definition) is 5. The fourth-order valence-corrected chi connectivity index (χ4v) is 5.23. The molecule has 0 unspecified atom stereocenters. The number of hydrogen-bond acceptors (Lipinski definition) is 8. The van der Waals surface area contributed by atoms with Crippen LogP contribution in [0.3, 0.4) is 0 Å². The van der Waals surface area contributed by atoms with Crippen molar-refractivity contribution in [2.75, 3.05) is 20.2 Å². The van der Waals surface area contributed by atoms with Crippen LogP contribution in [0.1, 0.15) is 49.3 Å². The minimum atomic E-state index is -2.74. The van der Waals surface area contributed by atoms with E-state index in [0.717, 1.165) is 54.5 Å². The summed E-state index contributed by atoms with van der Waals surface area (Å²) < 4.78 is 19.0.